The molecule has 0 saturated heterocycles. The lowest BCUT2D eigenvalue weighted by Gasteiger charge is -2.22. The second-order valence-electron chi connectivity index (χ2n) is 6.60. The van der Waals surface area contributed by atoms with Gasteiger partial charge >= 0.3 is 0 Å². The molecule has 1 aliphatic carbocycles. The summed E-state index contributed by atoms with van der Waals surface area (Å²) < 4.78 is 10.4. The van der Waals surface area contributed by atoms with Crippen LogP contribution in [0.5, 0.6) is 0 Å². The number of hydrogen-bond donors (Lipinski definition) is 0. The van der Waals surface area contributed by atoms with Crippen LogP contribution in [0, 0.1) is 11.8 Å². The molecule has 0 heterocycles. The van der Waals surface area contributed by atoms with Crippen LogP contribution in [0.2, 0.25) is 0 Å². The van der Waals surface area contributed by atoms with Gasteiger partial charge in [-0.15, -0.1) is 0 Å². The standard InChI is InChI=1S/C10H20O.C8H16O2.C2H6/c1-9(2)11-8-10-6-4-3-5-7-10;1-7(2)8(9)5-4-6-10-3;1-2/h9-10H,3-8H2,1-2H3;7H,4-6H2,1-3H3;1-2H3. The van der Waals surface area contributed by atoms with E-state index in [-0.39, 0.29) is 5.92 Å². The lowest BCUT2D eigenvalue weighted by Crippen LogP contribution is -2.16. The molecular formula is C20H42O3. The van der Waals surface area contributed by atoms with Gasteiger partial charge in [0.25, 0.3) is 0 Å². The van der Waals surface area contributed by atoms with Gasteiger partial charge in [-0.1, -0.05) is 47.0 Å². The van der Waals surface area contributed by atoms with Crippen molar-refractivity contribution < 1.29 is 14.3 Å². The molecule has 0 atom stereocenters. The van der Waals surface area contributed by atoms with Crippen LogP contribution in [0.3, 0.4) is 0 Å². The Balaban J connectivity index is 0. The molecule has 23 heavy (non-hydrogen) atoms. The maximum Gasteiger partial charge on any atom is 0.135 e. The lowest BCUT2D eigenvalue weighted by molar-refractivity contribution is -0.122. The Morgan fingerprint density at radius 3 is 2.04 bits per heavy atom. The summed E-state index contributed by atoms with van der Waals surface area (Å²) in [5.74, 6) is 1.38. The highest BCUT2D eigenvalue weighted by Gasteiger charge is 2.13. The first-order valence-electron chi connectivity index (χ1n) is 9.60. The molecule has 140 valence electrons. The number of carbonyl (C=O) groups is 1. The second kappa shape index (κ2) is 17.9. The third-order valence-electron chi connectivity index (χ3n) is 3.81. The minimum absolute atomic E-state index is 0.178. The van der Waals surface area contributed by atoms with E-state index < -0.39 is 0 Å². The van der Waals surface area contributed by atoms with Gasteiger partial charge in [0.05, 0.1) is 6.10 Å². The van der Waals surface area contributed by atoms with Crippen molar-refractivity contribution in [1.29, 1.82) is 0 Å². The average molecular weight is 331 g/mol. The Morgan fingerprint density at radius 2 is 1.61 bits per heavy atom. The molecule has 0 bridgehead atoms. The van der Waals surface area contributed by atoms with Crippen LogP contribution in [0.1, 0.15) is 86.5 Å². The smallest absolute Gasteiger partial charge is 0.135 e. The maximum atomic E-state index is 11.0. The molecule has 0 radical (unpaired) electrons. The summed E-state index contributed by atoms with van der Waals surface area (Å²) in [5.41, 5.74) is 0. The van der Waals surface area contributed by atoms with E-state index in [1.54, 1.807) is 7.11 Å². The average Bonchev–Trinajstić information content (AvgIpc) is 2.56. The van der Waals surface area contributed by atoms with E-state index in [9.17, 15) is 4.79 Å². The molecule has 1 saturated carbocycles. The Morgan fingerprint density at radius 1 is 1.04 bits per heavy atom. The van der Waals surface area contributed by atoms with Crippen LogP contribution in [0.25, 0.3) is 0 Å². The monoisotopic (exact) mass is 330 g/mol. The normalized spacial score (nSPS) is 14.8. The van der Waals surface area contributed by atoms with E-state index in [0.29, 0.717) is 24.9 Å². The Bertz CT molecular complexity index is 243. The van der Waals surface area contributed by atoms with Gasteiger partial charge in [-0.2, -0.15) is 0 Å². The quantitative estimate of drug-likeness (QED) is 0.539. The molecule has 0 aromatic rings. The van der Waals surface area contributed by atoms with Gasteiger partial charge in [0.2, 0.25) is 0 Å². The Labute approximate surface area is 145 Å². The molecule has 0 aliphatic heterocycles. The van der Waals surface area contributed by atoms with E-state index in [0.717, 1.165) is 18.9 Å². The second-order valence-corrected chi connectivity index (χ2v) is 6.60. The van der Waals surface area contributed by atoms with Gasteiger partial charge in [-0.25, -0.2) is 0 Å². The van der Waals surface area contributed by atoms with Crippen molar-refractivity contribution in [2.24, 2.45) is 11.8 Å². The van der Waals surface area contributed by atoms with E-state index in [4.69, 9.17) is 9.47 Å². The van der Waals surface area contributed by atoms with E-state index in [1.807, 2.05) is 27.7 Å². The van der Waals surface area contributed by atoms with Crippen LogP contribution in [0.15, 0.2) is 0 Å². The molecule has 1 fully saturated rings. The number of methoxy groups -OCH3 is 1. The Hall–Kier alpha value is -0.410. The van der Waals surface area contributed by atoms with Gasteiger partial charge in [0.1, 0.15) is 5.78 Å². The minimum atomic E-state index is 0.178. The first-order chi connectivity index (χ1) is 11.0. The molecule has 1 rings (SSSR count). The molecule has 0 spiro atoms. The highest BCUT2D eigenvalue weighted by atomic mass is 16.5. The predicted molar refractivity (Wildman–Crippen MR) is 100.0 cm³/mol. The number of Topliss-reactive ketones (excluding diaryl/α,β-unsaturated/α-hetero) is 1. The number of ketones is 1. The largest absolute Gasteiger partial charge is 0.385 e. The van der Waals surface area contributed by atoms with Crippen molar-refractivity contribution in [3.63, 3.8) is 0 Å². The molecule has 0 aromatic carbocycles. The zero-order chi connectivity index (χ0) is 18.1. The van der Waals surface area contributed by atoms with Crippen molar-refractivity contribution in [1.82, 2.24) is 0 Å². The summed E-state index contributed by atoms with van der Waals surface area (Å²) in [6.07, 6.45) is 9.01. The summed E-state index contributed by atoms with van der Waals surface area (Å²) in [4.78, 5) is 11.0. The fourth-order valence-corrected chi connectivity index (χ4v) is 2.36. The molecule has 0 aromatic heterocycles. The molecule has 0 N–H and O–H groups in total. The van der Waals surface area contributed by atoms with Crippen LogP contribution in [0.4, 0.5) is 0 Å². The molecule has 3 nitrogen and oxygen atoms in total. The number of carbonyl (C=O) groups excluding carboxylic acids is 1. The van der Waals surface area contributed by atoms with Gasteiger partial charge < -0.3 is 9.47 Å². The van der Waals surface area contributed by atoms with Crippen LogP contribution in [-0.4, -0.2) is 32.2 Å². The van der Waals surface area contributed by atoms with Gasteiger partial charge in [0, 0.05) is 32.7 Å². The summed E-state index contributed by atoms with van der Waals surface area (Å²) >= 11 is 0. The number of rotatable bonds is 8. The van der Waals surface area contributed by atoms with Gasteiger partial charge in [-0.3, -0.25) is 4.79 Å². The molecule has 3 heteroatoms. The highest BCUT2D eigenvalue weighted by Crippen LogP contribution is 2.23. The first kappa shape index (κ1) is 24.8. The van der Waals surface area contributed by atoms with Crippen molar-refractivity contribution in [2.75, 3.05) is 20.3 Å². The van der Waals surface area contributed by atoms with Crippen molar-refractivity contribution in [3.05, 3.63) is 0 Å². The van der Waals surface area contributed by atoms with Gasteiger partial charge in [0.15, 0.2) is 0 Å². The molecular weight excluding hydrogens is 288 g/mol. The fourth-order valence-electron chi connectivity index (χ4n) is 2.36. The summed E-state index contributed by atoms with van der Waals surface area (Å²) in [6, 6.07) is 0. The molecule has 1 aliphatic rings. The first-order valence-corrected chi connectivity index (χ1v) is 9.60. The lowest BCUT2D eigenvalue weighted by atomic mass is 9.90. The van der Waals surface area contributed by atoms with E-state index in [2.05, 4.69) is 13.8 Å². The van der Waals surface area contributed by atoms with Crippen LogP contribution >= 0.6 is 0 Å². The highest BCUT2D eigenvalue weighted by molar-refractivity contribution is 5.80. The predicted octanol–water partition coefficient (Wildman–Crippen LogP) is 5.66. The maximum absolute atomic E-state index is 11.0. The van der Waals surface area contributed by atoms with E-state index in [1.165, 1.54) is 32.1 Å². The number of hydrogen-bond acceptors (Lipinski definition) is 3. The van der Waals surface area contributed by atoms with Gasteiger partial charge in [-0.05, 0) is 39.0 Å². The summed E-state index contributed by atoms with van der Waals surface area (Å²) in [5, 5.41) is 0. The van der Waals surface area contributed by atoms with Crippen molar-refractivity contribution >= 4 is 5.78 Å². The molecule has 0 amide bonds. The topological polar surface area (TPSA) is 35.5 Å². The van der Waals surface area contributed by atoms with Crippen molar-refractivity contribution in [2.45, 2.75) is 92.6 Å². The molecule has 0 unspecified atom stereocenters. The van der Waals surface area contributed by atoms with Crippen LogP contribution < -0.4 is 0 Å². The third-order valence-corrected chi connectivity index (χ3v) is 3.81. The Kier molecular flexibility index (Phi) is 19.4. The zero-order valence-electron chi connectivity index (χ0n) is 16.8. The zero-order valence-corrected chi connectivity index (χ0v) is 16.8. The van der Waals surface area contributed by atoms with Crippen molar-refractivity contribution in [3.8, 4) is 0 Å². The SMILES string of the molecule is CC.CC(C)OCC1CCCCC1.COCCCC(=O)C(C)C. The summed E-state index contributed by atoms with van der Waals surface area (Å²) in [7, 11) is 1.65. The summed E-state index contributed by atoms with van der Waals surface area (Å²) in [6.45, 7) is 13.8. The third kappa shape index (κ3) is 17.8. The number of ether oxygens (including phenoxy) is 2. The minimum Gasteiger partial charge on any atom is -0.385 e. The van der Waals surface area contributed by atoms with E-state index >= 15 is 0 Å². The fraction of sp³-hybridized carbons (Fsp3) is 0.950. The van der Waals surface area contributed by atoms with Crippen LogP contribution in [-0.2, 0) is 14.3 Å².